The Kier molecular flexibility index (Phi) is 6.60. The van der Waals surface area contributed by atoms with Gasteiger partial charge < -0.3 is 29.7 Å². The number of ether oxygens (including phenoxy) is 1. The summed E-state index contributed by atoms with van der Waals surface area (Å²) in [6, 6.07) is 6.08. The lowest BCUT2D eigenvalue weighted by Crippen LogP contribution is -2.54. The number of methoxy groups -OCH3 is 1. The molecule has 1 N–H and O–H groups in total. The number of nitrogens with zero attached hydrogens (tertiary/aromatic N) is 6. The minimum Gasteiger partial charge on any atom is -0.494 e. The second-order valence-electron chi connectivity index (χ2n) is 9.02. The fourth-order valence-corrected chi connectivity index (χ4v) is 4.60. The summed E-state index contributed by atoms with van der Waals surface area (Å²) in [5, 5.41) is 3.33. The van der Waals surface area contributed by atoms with Crippen LogP contribution in [-0.4, -0.2) is 80.2 Å². The van der Waals surface area contributed by atoms with Crippen molar-refractivity contribution in [3.8, 4) is 5.75 Å². The van der Waals surface area contributed by atoms with E-state index in [-0.39, 0.29) is 18.0 Å². The Hall–Kier alpha value is -3.07. The Morgan fingerprint density at radius 1 is 1.18 bits per heavy atom. The third kappa shape index (κ3) is 4.42. The summed E-state index contributed by atoms with van der Waals surface area (Å²) < 4.78 is 5.69. The molecule has 0 aliphatic carbocycles. The second kappa shape index (κ2) is 9.43. The summed E-state index contributed by atoms with van der Waals surface area (Å²) in [5.74, 6) is 2.06. The van der Waals surface area contributed by atoms with Gasteiger partial charge in [-0.25, -0.2) is 4.98 Å². The first kappa shape index (κ1) is 23.1. The van der Waals surface area contributed by atoms with Crippen LogP contribution in [0, 0.1) is 0 Å². The normalized spacial score (nSPS) is 19.2. The zero-order valence-corrected chi connectivity index (χ0v) is 20.5. The molecule has 33 heavy (non-hydrogen) atoms. The summed E-state index contributed by atoms with van der Waals surface area (Å²) in [7, 11) is 5.62. The van der Waals surface area contributed by atoms with Gasteiger partial charge in [-0.15, -0.1) is 0 Å². The fourth-order valence-electron chi connectivity index (χ4n) is 4.60. The number of amides is 1. The van der Waals surface area contributed by atoms with Crippen LogP contribution in [0.15, 0.2) is 24.4 Å². The third-order valence-electron chi connectivity index (χ3n) is 6.55. The first-order valence-corrected chi connectivity index (χ1v) is 11.7. The second-order valence-corrected chi connectivity index (χ2v) is 9.02. The maximum absolute atomic E-state index is 12.9. The molecule has 0 unspecified atom stereocenters. The van der Waals surface area contributed by atoms with E-state index in [9.17, 15) is 4.79 Å². The number of fused-ring (bicyclic) bond motifs is 1. The van der Waals surface area contributed by atoms with E-state index in [1.54, 1.807) is 25.3 Å². The predicted molar refractivity (Wildman–Crippen MR) is 133 cm³/mol. The number of aromatic nitrogens is 2. The topological polar surface area (TPSA) is 77.1 Å². The van der Waals surface area contributed by atoms with Crippen molar-refractivity contribution in [2.45, 2.75) is 39.3 Å². The number of carbonyl (C=O) groups is 1. The summed E-state index contributed by atoms with van der Waals surface area (Å²) >= 11 is 0. The molecule has 0 radical (unpaired) electrons. The monoisotopic (exact) mass is 453 g/mol. The van der Waals surface area contributed by atoms with Gasteiger partial charge in [-0.3, -0.25) is 4.79 Å². The van der Waals surface area contributed by atoms with Crippen molar-refractivity contribution in [2.75, 3.05) is 67.4 Å². The maximum atomic E-state index is 12.9. The molecular weight excluding hydrogens is 418 g/mol. The predicted octanol–water partition coefficient (Wildman–Crippen LogP) is 2.95. The molecule has 1 amide bonds. The van der Waals surface area contributed by atoms with Gasteiger partial charge in [0.25, 0.3) is 0 Å². The van der Waals surface area contributed by atoms with Crippen LogP contribution < -0.4 is 24.8 Å². The van der Waals surface area contributed by atoms with E-state index in [1.807, 2.05) is 13.0 Å². The molecular formula is C24H35N7O2. The van der Waals surface area contributed by atoms with Crippen molar-refractivity contribution in [3.05, 3.63) is 24.4 Å². The average Bonchev–Trinajstić information content (AvgIpc) is 2.81. The lowest BCUT2D eigenvalue weighted by molar-refractivity contribution is -0.120. The van der Waals surface area contributed by atoms with E-state index in [2.05, 4.69) is 58.0 Å². The van der Waals surface area contributed by atoms with E-state index >= 15 is 0 Å². The SMILES string of the molecule is CC[C@@H]1C(=O)N(C)c2cnc(Nc3ccc(N4CCN(C)CC4)cc3OC)nc2N1C(C)C. The molecule has 9 nitrogen and oxygen atoms in total. The van der Waals surface area contributed by atoms with Crippen LogP contribution in [0.3, 0.4) is 0 Å². The number of hydrogen-bond acceptors (Lipinski definition) is 8. The van der Waals surface area contributed by atoms with E-state index < -0.39 is 0 Å². The summed E-state index contributed by atoms with van der Waals surface area (Å²) in [4.78, 5) is 30.7. The molecule has 2 aromatic rings. The van der Waals surface area contributed by atoms with Gasteiger partial charge in [0.15, 0.2) is 5.82 Å². The van der Waals surface area contributed by atoms with Gasteiger partial charge >= 0.3 is 0 Å². The number of benzene rings is 1. The highest BCUT2D eigenvalue weighted by Gasteiger charge is 2.38. The number of likely N-dealkylation sites (N-methyl/N-ethyl adjacent to an activating group) is 2. The van der Waals surface area contributed by atoms with Crippen LogP contribution >= 0.6 is 0 Å². The molecule has 1 aromatic carbocycles. The van der Waals surface area contributed by atoms with Crippen LogP contribution in [0.2, 0.25) is 0 Å². The van der Waals surface area contributed by atoms with Crippen molar-refractivity contribution >= 4 is 34.7 Å². The molecule has 0 spiro atoms. The third-order valence-corrected chi connectivity index (χ3v) is 6.55. The van der Waals surface area contributed by atoms with Crippen LogP contribution in [0.5, 0.6) is 5.75 Å². The van der Waals surface area contributed by atoms with Crippen molar-refractivity contribution in [1.29, 1.82) is 0 Å². The van der Waals surface area contributed by atoms with E-state index in [0.717, 1.165) is 61.2 Å². The van der Waals surface area contributed by atoms with Gasteiger partial charge in [0.2, 0.25) is 11.9 Å². The molecule has 1 saturated heterocycles. The van der Waals surface area contributed by atoms with E-state index in [1.165, 1.54) is 0 Å². The van der Waals surface area contributed by atoms with Gasteiger partial charge in [-0.1, -0.05) is 6.92 Å². The zero-order valence-electron chi connectivity index (χ0n) is 20.5. The molecule has 4 rings (SSSR count). The molecule has 178 valence electrons. The van der Waals surface area contributed by atoms with E-state index in [4.69, 9.17) is 9.72 Å². The van der Waals surface area contributed by atoms with Crippen molar-refractivity contribution in [1.82, 2.24) is 14.9 Å². The highest BCUT2D eigenvalue weighted by Crippen LogP contribution is 2.37. The van der Waals surface area contributed by atoms with Gasteiger partial charge in [0, 0.05) is 51.0 Å². The van der Waals surface area contributed by atoms with Crippen LogP contribution in [0.4, 0.5) is 28.8 Å². The standard InChI is InChI=1S/C24H35N7O2/c1-7-19-23(32)29(5)20-15-25-24(27-22(20)31(19)16(2)3)26-18-9-8-17(14-21(18)33-6)30-12-10-28(4)11-13-30/h8-9,14-16,19H,7,10-13H2,1-6H3,(H,25,26,27)/t19-/m1/s1. The molecule has 2 aliphatic rings. The average molecular weight is 454 g/mol. The number of anilines is 5. The maximum Gasteiger partial charge on any atom is 0.249 e. The summed E-state index contributed by atoms with van der Waals surface area (Å²) in [6.45, 7) is 10.3. The lowest BCUT2D eigenvalue weighted by atomic mass is 10.1. The van der Waals surface area contributed by atoms with Gasteiger partial charge in [0.1, 0.15) is 17.5 Å². The molecule has 1 fully saturated rings. The Balaban J connectivity index is 1.62. The molecule has 0 saturated carbocycles. The highest BCUT2D eigenvalue weighted by atomic mass is 16.5. The van der Waals surface area contributed by atoms with Crippen molar-refractivity contribution < 1.29 is 9.53 Å². The van der Waals surface area contributed by atoms with E-state index in [0.29, 0.717) is 5.95 Å². The van der Waals surface area contributed by atoms with Crippen molar-refractivity contribution in [3.63, 3.8) is 0 Å². The molecule has 2 aliphatic heterocycles. The van der Waals surface area contributed by atoms with Crippen LogP contribution in [0.1, 0.15) is 27.2 Å². The Labute approximate surface area is 196 Å². The van der Waals surface area contributed by atoms with Crippen LogP contribution in [0.25, 0.3) is 0 Å². The highest BCUT2D eigenvalue weighted by molar-refractivity contribution is 6.04. The number of carbonyl (C=O) groups excluding carboxylic acids is 1. The first-order chi connectivity index (χ1) is 15.8. The zero-order chi connectivity index (χ0) is 23.7. The lowest BCUT2D eigenvalue weighted by Gasteiger charge is -2.42. The van der Waals surface area contributed by atoms with Gasteiger partial charge in [-0.05, 0) is 39.4 Å². The largest absolute Gasteiger partial charge is 0.494 e. The Morgan fingerprint density at radius 2 is 1.91 bits per heavy atom. The summed E-state index contributed by atoms with van der Waals surface area (Å²) in [6.07, 6.45) is 2.43. The quantitative estimate of drug-likeness (QED) is 0.716. The Bertz CT molecular complexity index is 1000. The number of hydrogen-bond donors (Lipinski definition) is 1. The fraction of sp³-hybridized carbons (Fsp3) is 0.542. The molecule has 1 aromatic heterocycles. The number of nitrogens with one attached hydrogen (secondary N) is 1. The summed E-state index contributed by atoms with van der Waals surface area (Å²) in [5.41, 5.74) is 2.67. The van der Waals surface area contributed by atoms with Gasteiger partial charge in [0.05, 0.1) is 19.0 Å². The molecule has 3 heterocycles. The molecule has 1 atom stereocenters. The van der Waals surface area contributed by atoms with Gasteiger partial charge in [-0.2, -0.15) is 4.98 Å². The first-order valence-electron chi connectivity index (χ1n) is 11.7. The minimum atomic E-state index is -0.234. The van der Waals surface area contributed by atoms with Crippen molar-refractivity contribution in [2.24, 2.45) is 0 Å². The number of rotatable bonds is 6. The smallest absolute Gasteiger partial charge is 0.249 e. The number of piperazine rings is 1. The minimum absolute atomic E-state index is 0.0733. The Morgan fingerprint density at radius 3 is 2.55 bits per heavy atom. The van der Waals surface area contributed by atoms with Crippen LogP contribution in [-0.2, 0) is 4.79 Å². The molecule has 9 heteroatoms. The molecule has 0 bridgehead atoms.